The van der Waals surface area contributed by atoms with Gasteiger partial charge < -0.3 is 15.7 Å². The highest BCUT2D eigenvalue weighted by Gasteiger charge is 2.39. The van der Waals surface area contributed by atoms with Crippen LogP contribution in [0.1, 0.15) is 76.8 Å². The Bertz CT molecular complexity index is 1070. The van der Waals surface area contributed by atoms with Crippen molar-refractivity contribution in [1.82, 2.24) is 9.97 Å². The summed E-state index contributed by atoms with van der Waals surface area (Å²) in [6, 6.07) is 3.73. The molecule has 0 radical (unpaired) electrons. The normalized spacial score (nSPS) is 26.5. The Balaban J connectivity index is 1.38. The van der Waals surface area contributed by atoms with Gasteiger partial charge in [0, 0.05) is 12.1 Å². The number of aliphatic hydroxyl groups is 1. The number of nitrogens with zero attached hydrogens (tertiary/aromatic N) is 3. The van der Waals surface area contributed by atoms with Crippen molar-refractivity contribution in [3.63, 3.8) is 0 Å². The van der Waals surface area contributed by atoms with Gasteiger partial charge in [0.2, 0.25) is 5.95 Å². The number of anilines is 2. The molecule has 1 unspecified atom stereocenters. The molecule has 1 aliphatic heterocycles. The summed E-state index contributed by atoms with van der Waals surface area (Å²) in [5.74, 6) is 0.597. The van der Waals surface area contributed by atoms with E-state index < -0.39 is 17.2 Å². The molecule has 3 aliphatic rings. The van der Waals surface area contributed by atoms with Crippen LogP contribution in [0.15, 0.2) is 29.4 Å². The summed E-state index contributed by atoms with van der Waals surface area (Å²) in [6.45, 7) is 3.78. The molecule has 1 aromatic carbocycles. The van der Waals surface area contributed by atoms with Crippen LogP contribution in [0.25, 0.3) is 0 Å². The minimum absolute atomic E-state index is 0.0589. The number of amidine groups is 1. The molecular formula is C26H33F2N5O. The fourth-order valence-electron chi connectivity index (χ4n) is 5.81. The molecule has 5 rings (SSSR count). The lowest BCUT2D eigenvalue weighted by Crippen LogP contribution is -2.37. The highest BCUT2D eigenvalue weighted by atomic mass is 19.1. The summed E-state index contributed by atoms with van der Waals surface area (Å²) in [5, 5.41) is 17.1. The first kappa shape index (κ1) is 23.1. The molecule has 0 amide bonds. The second-order valence-corrected chi connectivity index (χ2v) is 10.6. The molecule has 182 valence electrons. The van der Waals surface area contributed by atoms with Crippen LogP contribution >= 0.6 is 0 Å². The van der Waals surface area contributed by atoms with E-state index in [-0.39, 0.29) is 17.6 Å². The lowest BCUT2D eigenvalue weighted by molar-refractivity contribution is -0.000415. The second kappa shape index (κ2) is 9.21. The van der Waals surface area contributed by atoms with Gasteiger partial charge in [-0.05, 0) is 76.3 Å². The van der Waals surface area contributed by atoms with Crippen molar-refractivity contribution in [1.29, 1.82) is 0 Å². The van der Waals surface area contributed by atoms with E-state index in [4.69, 9.17) is 4.98 Å². The fourth-order valence-corrected chi connectivity index (χ4v) is 5.81. The molecule has 1 atom stereocenters. The molecule has 6 nitrogen and oxygen atoms in total. The molecule has 2 heterocycles. The third-order valence-electron chi connectivity index (χ3n) is 7.75. The van der Waals surface area contributed by atoms with Gasteiger partial charge in [0.15, 0.2) is 5.82 Å². The van der Waals surface area contributed by atoms with Gasteiger partial charge in [0.1, 0.15) is 17.3 Å². The average molecular weight is 470 g/mol. The largest absolute Gasteiger partial charge is 0.390 e. The van der Waals surface area contributed by atoms with Crippen LogP contribution in [0.5, 0.6) is 0 Å². The summed E-state index contributed by atoms with van der Waals surface area (Å²) >= 11 is 0. The zero-order valence-electron chi connectivity index (χ0n) is 19.8. The Hall–Kier alpha value is -2.61. The lowest BCUT2D eigenvalue weighted by atomic mass is 9.77. The van der Waals surface area contributed by atoms with Gasteiger partial charge in [-0.25, -0.2) is 23.7 Å². The fraction of sp³-hybridized carbons (Fsp3) is 0.577. The van der Waals surface area contributed by atoms with Crippen LogP contribution in [0.2, 0.25) is 0 Å². The maximum atomic E-state index is 14.3. The number of hydrogen-bond donors (Lipinski definition) is 3. The first-order valence-corrected chi connectivity index (χ1v) is 12.4. The van der Waals surface area contributed by atoms with Crippen LogP contribution in [0, 0.1) is 23.5 Å². The van der Waals surface area contributed by atoms with Gasteiger partial charge in [-0.15, -0.1) is 0 Å². The van der Waals surface area contributed by atoms with Gasteiger partial charge in [-0.2, -0.15) is 0 Å². The second-order valence-electron chi connectivity index (χ2n) is 10.6. The third kappa shape index (κ3) is 4.78. The maximum absolute atomic E-state index is 14.3. The Labute approximate surface area is 199 Å². The predicted octanol–water partition coefficient (Wildman–Crippen LogP) is 5.93. The summed E-state index contributed by atoms with van der Waals surface area (Å²) < 4.78 is 27.7. The number of aliphatic imine (C=N–C) groups is 1. The molecule has 2 aliphatic carbocycles. The van der Waals surface area contributed by atoms with E-state index in [0.717, 1.165) is 68.8 Å². The molecule has 0 saturated heterocycles. The van der Waals surface area contributed by atoms with Crippen molar-refractivity contribution in [2.75, 3.05) is 10.6 Å². The van der Waals surface area contributed by atoms with Crippen molar-refractivity contribution < 1.29 is 13.9 Å². The minimum atomic E-state index is -0.675. The first-order valence-electron chi connectivity index (χ1n) is 12.4. The molecule has 3 N–H and O–H groups in total. The first-order chi connectivity index (χ1) is 16.3. The van der Waals surface area contributed by atoms with E-state index >= 15 is 0 Å². The molecule has 0 bridgehead atoms. The van der Waals surface area contributed by atoms with E-state index in [9.17, 15) is 13.9 Å². The van der Waals surface area contributed by atoms with Gasteiger partial charge >= 0.3 is 0 Å². The third-order valence-corrected chi connectivity index (χ3v) is 7.75. The van der Waals surface area contributed by atoms with E-state index in [1.165, 1.54) is 12.1 Å². The highest BCUT2D eigenvalue weighted by Crippen LogP contribution is 2.44. The van der Waals surface area contributed by atoms with Crippen molar-refractivity contribution in [3.05, 3.63) is 41.7 Å². The van der Waals surface area contributed by atoms with Crippen molar-refractivity contribution in [2.45, 2.75) is 82.8 Å². The highest BCUT2D eigenvalue weighted by molar-refractivity contribution is 6.07. The minimum Gasteiger partial charge on any atom is -0.390 e. The molecule has 2 saturated carbocycles. The van der Waals surface area contributed by atoms with Crippen LogP contribution in [-0.2, 0) is 0 Å². The van der Waals surface area contributed by atoms with Gasteiger partial charge in [-0.3, -0.25) is 0 Å². The Morgan fingerprint density at radius 1 is 1.09 bits per heavy atom. The van der Waals surface area contributed by atoms with E-state index in [1.54, 1.807) is 6.20 Å². The molecular weight excluding hydrogens is 436 g/mol. The standard InChI is InChI=1S/C26H33F2N5O/c1-26(2,34)16-7-10-18(11-8-16)30-25-29-14-21-23(33-25)22(15-5-3-4-6-15)24(32-21)31-20-12-9-17(27)13-19(20)28/h9,12-16,18,22,34H,3-8,10-11H2,1-2H3,(H,31,32)(H,29,30,33). The molecule has 0 spiro atoms. The Morgan fingerprint density at radius 2 is 1.82 bits per heavy atom. The van der Waals surface area contributed by atoms with Crippen LogP contribution < -0.4 is 10.6 Å². The van der Waals surface area contributed by atoms with Crippen molar-refractivity contribution in [2.24, 2.45) is 16.8 Å². The lowest BCUT2D eigenvalue weighted by Gasteiger charge is -2.36. The zero-order valence-corrected chi connectivity index (χ0v) is 19.8. The molecule has 34 heavy (non-hydrogen) atoms. The number of benzene rings is 1. The molecule has 8 heteroatoms. The number of hydrogen-bond acceptors (Lipinski definition) is 5. The quantitative estimate of drug-likeness (QED) is 0.506. The topological polar surface area (TPSA) is 82.4 Å². The van der Waals surface area contributed by atoms with Crippen LogP contribution in [-0.4, -0.2) is 32.6 Å². The maximum Gasteiger partial charge on any atom is 0.223 e. The van der Waals surface area contributed by atoms with E-state index in [2.05, 4.69) is 20.6 Å². The summed E-state index contributed by atoms with van der Waals surface area (Å²) in [5.41, 5.74) is 1.18. The van der Waals surface area contributed by atoms with Crippen LogP contribution in [0.4, 0.5) is 26.1 Å². The van der Waals surface area contributed by atoms with E-state index in [1.807, 2.05) is 13.8 Å². The summed E-state index contributed by atoms with van der Waals surface area (Å²) in [4.78, 5) is 14.0. The van der Waals surface area contributed by atoms with Crippen molar-refractivity contribution in [3.8, 4) is 0 Å². The number of rotatable bonds is 5. The molecule has 2 aromatic rings. The average Bonchev–Trinajstić information content (AvgIpc) is 3.42. The van der Waals surface area contributed by atoms with Gasteiger partial charge in [0.25, 0.3) is 0 Å². The SMILES string of the molecule is CC(C)(O)C1CCC(Nc2ncc3c(n2)C(C2CCCC2)C(=Nc2ccc(F)cc2F)N3)CC1. The molecule has 1 aromatic heterocycles. The monoisotopic (exact) mass is 469 g/mol. The Kier molecular flexibility index (Phi) is 6.27. The predicted molar refractivity (Wildman–Crippen MR) is 129 cm³/mol. The number of nitrogens with one attached hydrogen (secondary N) is 2. The van der Waals surface area contributed by atoms with Crippen molar-refractivity contribution >= 4 is 23.2 Å². The van der Waals surface area contributed by atoms with E-state index in [0.29, 0.717) is 23.6 Å². The summed E-state index contributed by atoms with van der Waals surface area (Å²) in [7, 11) is 0. The Morgan fingerprint density at radius 3 is 2.50 bits per heavy atom. The number of fused-ring (bicyclic) bond motifs is 1. The smallest absolute Gasteiger partial charge is 0.223 e. The number of aromatic nitrogens is 2. The number of halogens is 2. The zero-order chi connectivity index (χ0) is 23.9. The summed E-state index contributed by atoms with van der Waals surface area (Å²) in [6.07, 6.45) is 10.1. The van der Waals surface area contributed by atoms with Gasteiger partial charge in [-0.1, -0.05) is 12.8 Å². The van der Waals surface area contributed by atoms with Crippen LogP contribution in [0.3, 0.4) is 0 Å². The molecule has 2 fully saturated rings. The van der Waals surface area contributed by atoms with Gasteiger partial charge in [0.05, 0.1) is 29.1 Å².